The largest absolute Gasteiger partial charge is 0.329 e. The topological polar surface area (TPSA) is 59.1 Å². The first-order valence-corrected chi connectivity index (χ1v) is 13.6. The number of fused-ring (bicyclic) bond motifs is 3. The van der Waals surface area contributed by atoms with E-state index in [9.17, 15) is 9.59 Å². The summed E-state index contributed by atoms with van der Waals surface area (Å²) in [7, 11) is 0. The lowest BCUT2D eigenvalue weighted by Gasteiger charge is -2.45. The van der Waals surface area contributed by atoms with Crippen LogP contribution in [0.2, 0.25) is 0 Å². The molecule has 200 valence electrons. The van der Waals surface area contributed by atoms with E-state index in [4.69, 9.17) is 9.47 Å². The SMILES string of the molecule is CCO[C@@]12O[C@]3(CC1=C(Cc1ccccc1)C(=O)N2C(C)(C)C)C(=O)N(Cc1ccccc1)c1ccccc13. The molecule has 0 unspecified atom stereocenters. The molecule has 2 amide bonds. The van der Waals surface area contributed by atoms with Gasteiger partial charge in [0, 0.05) is 41.7 Å². The van der Waals surface area contributed by atoms with Gasteiger partial charge in [-0.05, 0) is 44.9 Å². The number of rotatable bonds is 6. The van der Waals surface area contributed by atoms with Crippen molar-refractivity contribution < 1.29 is 19.1 Å². The molecule has 3 heterocycles. The number of carbonyl (C=O) groups excluding carboxylic acids is 2. The maximum Gasteiger partial charge on any atom is 0.281 e. The third kappa shape index (κ3) is 3.85. The summed E-state index contributed by atoms with van der Waals surface area (Å²) in [5.74, 6) is -1.70. The first-order chi connectivity index (χ1) is 18.7. The average molecular weight is 523 g/mol. The van der Waals surface area contributed by atoms with Crippen LogP contribution < -0.4 is 4.90 Å². The number of para-hydroxylation sites is 1. The van der Waals surface area contributed by atoms with Crippen molar-refractivity contribution in [2.75, 3.05) is 11.5 Å². The molecule has 6 heteroatoms. The Kier molecular flexibility index (Phi) is 6.01. The second-order valence-corrected chi connectivity index (χ2v) is 11.4. The van der Waals surface area contributed by atoms with E-state index >= 15 is 0 Å². The quantitative estimate of drug-likeness (QED) is 0.416. The molecule has 3 aliphatic rings. The van der Waals surface area contributed by atoms with E-state index in [0.29, 0.717) is 25.1 Å². The van der Waals surface area contributed by atoms with Crippen LogP contribution in [0, 0.1) is 0 Å². The highest BCUT2D eigenvalue weighted by atomic mass is 16.7. The van der Waals surface area contributed by atoms with Crippen molar-refractivity contribution in [3.8, 4) is 0 Å². The van der Waals surface area contributed by atoms with Crippen molar-refractivity contribution in [2.45, 2.75) is 64.1 Å². The first-order valence-electron chi connectivity index (χ1n) is 13.6. The summed E-state index contributed by atoms with van der Waals surface area (Å²) in [5.41, 5.74) is 3.19. The fourth-order valence-corrected chi connectivity index (χ4v) is 6.36. The highest BCUT2D eigenvalue weighted by molar-refractivity contribution is 6.08. The minimum absolute atomic E-state index is 0.107. The van der Waals surface area contributed by atoms with Crippen molar-refractivity contribution in [1.82, 2.24) is 4.90 Å². The Labute approximate surface area is 229 Å². The Morgan fingerprint density at radius 1 is 0.872 bits per heavy atom. The van der Waals surface area contributed by atoms with Gasteiger partial charge in [0.1, 0.15) is 0 Å². The third-order valence-corrected chi connectivity index (χ3v) is 7.88. The zero-order chi connectivity index (χ0) is 27.4. The van der Waals surface area contributed by atoms with Crippen LogP contribution in [0.3, 0.4) is 0 Å². The third-order valence-electron chi connectivity index (χ3n) is 7.88. The molecule has 2 atom stereocenters. The van der Waals surface area contributed by atoms with Gasteiger partial charge in [-0.3, -0.25) is 14.5 Å². The minimum Gasteiger partial charge on any atom is -0.329 e. The average Bonchev–Trinajstić information content (AvgIpc) is 3.44. The van der Waals surface area contributed by atoms with Gasteiger partial charge in [-0.25, -0.2) is 0 Å². The molecule has 0 aliphatic carbocycles. The van der Waals surface area contributed by atoms with Crippen LogP contribution in [-0.4, -0.2) is 34.8 Å². The lowest BCUT2D eigenvalue weighted by Crippen LogP contribution is -2.60. The van der Waals surface area contributed by atoms with Gasteiger partial charge in [-0.15, -0.1) is 0 Å². The van der Waals surface area contributed by atoms with Gasteiger partial charge in [0.2, 0.25) is 0 Å². The maximum atomic E-state index is 14.5. The number of ether oxygens (including phenoxy) is 2. The Bertz CT molecular complexity index is 1460. The summed E-state index contributed by atoms with van der Waals surface area (Å²) in [6, 6.07) is 27.8. The van der Waals surface area contributed by atoms with Crippen LogP contribution in [0.25, 0.3) is 0 Å². The number of hydrogen-bond acceptors (Lipinski definition) is 4. The second-order valence-electron chi connectivity index (χ2n) is 11.4. The molecule has 0 bridgehead atoms. The molecule has 1 spiro atoms. The molecule has 3 aromatic carbocycles. The zero-order valence-electron chi connectivity index (χ0n) is 22.9. The molecule has 0 aromatic heterocycles. The molecule has 1 saturated heterocycles. The fraction of sp³-hybridized carbons (Fsp3) is 0.333. The molecule has 0 radical (unpaired) electrons. The van der Waals surface area contributed by atoms with E-state index in [1.165, 1.54) is 0 Å². The molecule has 39 heavy (non-hydrogen) atoms. The van der Waals surface area contributed by atoms with Gasteiger partial charge in [-0.2, -0.15) is 0 Å². The number of nitrogens with zero attached hydrogens (tertiary/aromatic N) is 2. The van der Waals surface area contributed by atoms with E-state index in [1.54, 1.807) is 4.90 Å². The van der Waals surface area contributed by atoms with E-state index in [0.717, 1.165) is 28.0 Å². The lowest BCUT2D eigenvalue weighted by molar-refractivity contribution is -0.305. The molecule has 3 aromatic rings. The van der Waals surface area contributed by atoms with Crippen molar-refractivity contribution in [1.29, 1.82) is 0 Å². The number of anilines is 1. The van der Waals surface area contributed by atoms with Crippen LogP contribution in [0.15, 0.2) is 96.1 Å². The van der Waals surface area contributed by atoms with Crippen LogP contribution in [0.5, 0.6) is 0 Å². The first kappa shape index (κ1) is 25.5. The Balaban J connectivity index is 1.52. The molecule has 1 fully saturated rings. The number of hydrogen-bond donors (Lipinski definition) is 0. The smallest absolute Gasteiger partial charge is 0.281 e. The van der Waals surface area contributed by atoms with Gasteiger partial charge in [0.25, 0.3) is 17.7 Å². The van der Waals surface area contributed by atoms with Gasteiger partial charge < -0.3 is 14.4 Å². The normalized spacial score (nSPS) is 24.2. The predicted molar refractivity (Wildman–Crippen MR) is 150 cm³/mol. The number of amides is 2. The van der Waals surface area contributed by atoms with Crippen LogP contribution in [0.4, 0.5) is 5.69 Å². The fourth-order valence-electron chi connectivity index (χ4n) is 6.36. The zero-order valence-corrected chi connectivity index (χ0v) is 22.9. The Morgan fingerprint density at radius 3 is 2.13 bits per heavy atom. The maximum absolute atomic E-state index is 14.5. The van der Waals surface area contributed by atoms with Gasteiger partial charge in [0.05, 0.1) is 12.2 Å². The molecular weight excluding hydrogens is 488 g/mol. The van der Waals surface area contributed by atoms with Crippen molar-refractivity contribution in [3.63, 3.8) is 0 Å². The molecule has 3 aliphatic heterocycles. The van der Waals surface area contributed by atoms with Crippen LogP contribution >= 0.6 is 0 Å². The monoisotopic (exact) mass is 522 g/mol. The highest BCUT2D eigenvalue weighted by Crippen LogP contribution is 2.60. The second kappa shape index (κ2) is 9.18. The van der Waals surface area contributed by atoms with Gasteiger partial charge in [0.15, 0.2) is 5.60 Å². The number of carbonyl (C=O) groups is 2. The summed E-state index contributed by atoms with van der Waals surface area (Å²) in [6.07, 6.45) is 0.702. The summed E-state index contributed by atoms with van der Waals surface area (Å²) < 4.78 is 13.4. The van der Waals surface area contributed by atoms with Crippen LogP contribution in [-0.2, 0) is 37.6 Å². The molecule has 0 saturated carbocycles. The van der Waals surface area contributed by atoms with Crippen molar-refractivity contribution >= 4 is 17.5 Å². The number of benzene rings is 3. The van der Waals surface area contributed by atoms with E-state index in [1.807, 2.05) is 118 Å². The lowest BCUT2D eigenvalue weighted by atomic mass is 9.88. The van der Waals surface area contributed by atoms with Crippen molar-refractivity contribution in [2.24, 2.45) is 0 Å². The minimum atomic E-state index is -1.46. The Morgan fingerprint density at radius 2 is 1.49 bits per heavy atom. The molecule has 0 N–H and O–H groups in total. The molecular formula is C33H34N2O4. The summed E-state index contributed by atoms with van der Waals surface area (Å²) in [5, 5.41) is 0. The molecule has 6 rings (SSSR count). The molecule has 6 nitrogen and oxygen atoms in total. The van der Waals surface area contributed by atoms with Gasteiger partial charge in [-0.1, -0.05) is 78.9 Å². The predicted octanol–water partition coefficient (Wildman–Crippen LogP) is 5.72. The summed E-state index contributed by atoms with van der Waals surface area (Å²) >= 11 is 0. The summed E-state index contributed by atoms with van der Waals surface area (Å²) in [4.78, 5) is 32.1. The summed E-state index contributed by atoms with van der Waals surface area (Å²) in [6.45, 7) is 8.59. The standard InChI is InChI=1S/C33H34N2O4/c1-5-38-33-27(25(20-23-14-8-6-9-15-23)29(36)35(33)31(2,3)4)21-32(39-33)26-18-12-13-19-28(26)34(30(32)37)22-24-16-10-7-11-17-24/h6-19H,5,20-22H2,1-4H3/t32-,33+/m0/s1. The van der Waals surface area contributed by atoms with Crippen molar-refractivity contribution in [3.05, 3.63) is 113 Å². The Hall–Kier alpha value is -3.74. The van der Waals surface area contributed by atoms with E-state index in [2.05, 4.69) is 0 Å². The van der Waals surface area contributed by atoms with E-state index < -0.39 is 17.1 Å². The highest BCUT2D eigenvalue weighted by Gasteiger charge is 2.70. The van der Waals surface area contributed by atoms with Gasteiger partial charge >= 0.3 is 0 Å². The van der Waals surface area contributed by atoms with E-state index in [-0.39, 0.29) is 18.2 Å². The van der Waals surface area contributed by atoms with Crippen LogP contribution in [0.1, 0.15) is 50.8 Å².